The van der Waals surface area contributed by atoms with Crippen LogP contribution < -0.4 is 0 Å². The lowest BCUT2D eigenvalue weighted by atomic mass is 10.0. The average Bonchev–Trinajstić information content (AvgIpc) is 3.05. The van der Waals surface area contributed by atoms with E-state index in [0.717, 1.165) is 90.4 Å². The summed E-state index contributed by atoms with van der Waals surface area (Å²) in [6, 6.07) is 0. The van der Waals surface area contributed by atoms with Crippen molar-refractivity contribution in [2.24, 2.45) is 0 Å². The largest absolute Gasteiger partial charge is 0.461 e. The Kier molecular flexibility index (Phi) is 34.8. The molecule has 0 aliphatic rings. The Balaban J connectivity index is 5.60. The Morgan fingerprint density at radius 3 is 1.15 bits per heavy atom. The average molecular weight is 681 g/mol. The molecule has 0 fully saturated rings. The van der Waals surface area contributed by atoms with E-state index in [9.17, 15) is 9.59 Å². The predicted octanol–water partition coefficient (Wildman–Crippen LogP) is 11.7. The molecule has 0 N–H and O–H groups in total. The summed E-state index contributed by atoms with van der Waals surface area (Å²) in [5.74, 6) is -0.0682. The topological polar surface area (TPSA) is 59.1 Å². The van der Waals surface area contributed by atoms with Crippen LogP contribution in [0.15, 0.2) is 0 Å². The molecule has 0 aliphatic heterocycles. The molecule has 0 heterocycles. The zero-order valence-corrected chi connectivity index (χ0v) is 33.3. The van der Waals surface area contributed by atoms with Crippen LogP contribution in [0.4, 0.5) is 0 Å². The predicted molar refractivity (Wildman–Crippen MR) is 207 cm³/mol. The number of carbonyl (C=O) groups excluding carboxylic acids is 2. The van der Waals surface area contributed by atoms with Crippen LogP contribution in [0.1, 0.15) is 207 Å². The molecule has 0 saturated heterocycles. The van der Waals surface area contributed by atoms with Gasteiger partial charge < -0.3 is 14.4 Å². The van der Waals surface area contributed by atoms with Gasteiger partial charge in [-0.1, -0.05) is 143 Å². The maximum Gasteiger partial charge on any atom is 0.306 e. The van der Waals surface area contributed by atoms with Crippen molar-refractivity contribution in [3.05, 3.63) is 0 Å². The monoisotopic (exact) mass is 681 g/mol. The minimum absolute atomic E-state index is 0.0341. The fourth-order valence-corrected chi connectivity index (χ4v) is 6.51. The second-order valence-corrected chi connectivity index (χ2v) is 14.9. The lowest BCUT2D eigenvalue weighted by molar-refractivity contribution is -0.152. The molecule has 6 heteroatoms. The van der Waals surface area contributed by atoms with Gasteiger partial charge in [0.1, 0.15) is 12.2 Å². The number of hydrogen-bond acceptors (Lipinski definition) is 6. The van der Waals surface area contributed by atoms with E-state index in [2.05, 4.69) is 51.6 Å². The summed E-state index contributed by atoms with van der Waals surface area (Å²) in [7, 11) is 4.27. The Bertz CT molecular complexity index is 651. The first-order valence-electron chi connectivity index (χ1n) is 21.1. The van der Waals surface area contributed by atoms with E-state index in [-0.39, 0.29) is 24.1 Å². The van der Waals surface area contributed by atoms with Gasteiger partial charge in [0.25, 0.3) is 0 Å². The van der Waals surface area contributed by atoms with Crippen LogP contribution in [0, 0.1) is 0 Å². The quantitative estimate of drug-likeness (QED) is 0.0481. The second kappa shape index (κ2) is 35.7. The highest BCUT2D eigenvalue weighted by Crippen LogP contribution is 2.18. The van der Waals surface area contributed by atoms with Crippen molar-refractivity contribution in [1.29, 1.82) is 0 Å². The van der Waals surface area contributed by atoms with Crippen molar-refractivity contribution >= 4 is 11.9 Å². The van der Waals surface area contributed by atoms with Crippen molar-refractivity contribution in [3.8, 4) is 0 Å². The molecule has 6 nitrogen and oxygen atoms in total. The van der Waals surface area contributed by atoms with Gasteiger partial charge in [-0.15, -0.1) is 0 Å². The highest BCUT2D eigenvalue weighted by Gasteiger charge is 2.23. The molecule has 0 aromatic rings. The van der Waals surface area contributed by atoms with Crippen molar-refractivity contribution < 1.29 is 19.1 Å². The summed E-state index contributed by atoms with van der Waals surface area (Å²) in [6.07, 6.45) is 31.1. The van der Waals surface area contributed by atoms with Crippen LogP contribution in [0.5, 0.6) is 0 Å². The first-order valence-corrected chi connectivity index (χ1v) is 21.1. The normalized spacial score (nSPS) is 12.9. The number of nitrogens with zero attached hydrogens (tertiary/aromatic N) is 2. The zero-order valence-electron chi connectivity index (χ0n) is 33.3. The number of unbranched alkanes of at least 4 members (excludes halogenated alkanes) is 19. The van der Waals surface area contributed by atoms with Gasteiger partial charge in [0.05, 0.1) is 0 Å². The van der Waals surface area contributed by atoms with Gasteiger partial charge in [0, 0.05) is 25.9 Å². The number of hydrogen-bond donors (Lipinski definition) is 0. The maximum atomic E-state index is 13.0. The van der Waals surface area contributed by atoms with Crippen molar-refractivity contribution in [2.75, 3.05) is 40.3 Å². The highest BCUT2D eigenvalue weighted by molar-refractivity contribution is 5.69. The van der Waals surface area contributed by atoms with Crippen LogP contribution in [0.25, 0.3) is 0 Å². The Hall–Kier alpha value is -1.14. The van der Waals surface area contributed by atoms with Crippen molar-refractivity contribution in [1.82, 2.24) is 9.80 Å². The summed E-state index contributed by atoms with van der Waals surface area (Å²) < 4.78 is 12.5. The van der Waals surface area contributed by atoms with Gasteiger partial charge >= 0.3 is 11.9 Å². The molecule has 0 aromatic carbocycles. The van der Waals surface area contributed by atoms with E-state index in [0.29, 0.717) is 12.8 Å². The number of rotatable bonds is 37. The minimum atomic E-state index is -0.0999. The van der Waals surface area contributed by atoms with E-state index in [1.165, 1.54) is 103 Å². The van der Waals surface area contributed by atoms with Gasteiger partial charge in [-0.2, -0.15) is 0 Å². The highest BCUT2D eigenvalue weighted by atomic mass is 16.5. The molecule has 0 spiro atoms. The summed E-state index contributed by atoms with van der Waals surface area (Å²) >= 11 is 0. The molecule has 0 saturated carbocycles. The third-order valence-corrected chi connectivity index (χ3v) is 9.58. The zero-order chi connectivity index (χ0) is 35.5. The summed E-state index contributed by atoms with van der Waals surface area (Å²) in [5.41, 5.74) is 0. The standard InChI is InChI=1S/C42H84N2O4/c1-7-11-15-19-23-25-31-39(47-41(45)33-27-21-17-13-9-3)37-44(36-30-29-35-43(5)6)38-40(32-26-24-20-16-12-8-2)48-42(46)34-28-22-18-14-10-4/h39-40H,7-38H2,1-6H3. The summed E-state index contributed by atoms with van der Waals surface area (Å²) in [4.78, 5) is 30.8. The van der Waals surface area contributed by atoms with Gasteiger partial charge in [0.2, 0.25) is 0 Å². The van der Waals surface area contributed by atoms with E-state index in [1.54, 1.807) is 0 Å². The van der Waals surface area contributed by atoms with Gasteiger partial charge in [-0.25, -0.2) is 0 Å². The van der Waals surface area contributed by atoms with Crippen LogP contribution in [0.2, 0.25) is 0 Å². The second-order valence-electron chi connectivity index (χ2n) is 14.9. The SMILES string of the molecule is CCCCCCCCC(CN(CCCCN(C)C)CC(CCCCCCCC)OC(=O)CCCCCCC)OC(=O)CCCCCCC. The van der Waals surface area contributed by atoms with Gasteiger partial charge in [-0.3, -0.25) is 14.5 Å². The number of ether oxygens (including phenoxy) is 2. The van der Waals surface area contributed by atoms with Crippen LogP contribution in [0.3, 0.4) is 0 Å². The summed E-state index contributed by atoms with van der Waals surface area (Å²) in [5, 5.41) is 0. The first-order chi connectivity index (χ1) is 23.4. The van der Waals surface area contributed by atoms with Crippen LogP contribution >= 0.6 is 0 Å². The smallest absolute Gasteiger partial charge is 0.306 e. The lowest BCUT2D eigenvalue weighted by Crippen LogP contribution is -2.41. The molecule has 0 radical (unpaired) electrons. The molecular formula is C42H84N2O4. The van der Waals surface area contributed by atoms with E-state index in [1.807, 2.05) is 0 Å². The van der Waals surface area contributed by atoms with Gasteiger partial charge in [-0.05, 0) is 78.6 Å². The number of carbonyl (C=O) groups is 2. The third-order valence-electron chi connectivity index (χ3n) is 9.58. The lowest BCUT2D eigenvalue weighted by Gasteiger charge is -2.31. The van der Waals surface area contributed by atoms with Crippen LogP contribution in [-0.4, -0.2) is 74.2 Å². The fraction of sp³-hybridized carbons (Fsp3) is 0.952. The van der Waals surface area contributed by atoms with E-state index in [4.69, 9.17) is 9.47 Å². The molecule has 2 unspecified atom stereocenters. The minimum Gasteiger partial charge on any atom is -0.461 e. The maximum absolute atomic E-state index is 13.0. The molecule has 48 heavy (non-hydrogen) atoms. The fourth-order valence-electron chi connectivity index (χ4n) is 6.51. The molecule has 0 rings (SSSR count). The Labute approximate surface area is 300 Å². The van der Waals surface area contributed by atoms with E-state index < -0.39 is 0 Å². The molecule has 0 aliphatic carbocycles. The third kappa shape index (κ3) is 32.1. The molecule has 286 valence electrons. The first kappa shape index (κ1) is 46.9. The van der Waals surface area contributed by atoms with Crippen LogP contribution in [-0.2, 0) is 19.1 Å². The van der Waals surface area contributed by atoms with Gasteiger partial charge in [0.15, 0.2) is 0 Å². The Morgan fingerprint density at radius 1 is 0.438 bits per heavy atom. The summed E-state index contributed by atoms with van der Waals surface area (Å²) in [6.45, 7) is 12.4. The molecule has 0 amide bonds. The number of esters is 2. The Morgan fingerprint density at radius 2 is 0.771 bits per heavy atom. The molecular weight excluding hydrogens is 596 g/mol. The van der Waals surface area contributed by atoms with E-state index >= 15 is 0 Å². The van der Waals surface area contributed by atoms with Crippen molar-refractivity contribution in [2.45, 2.75) is 220 Å². The molecule has 0 aromatic heterocycles. The molecule has 2 atom stereocenters. The van der Waals surface area contributed by atoms with Crippen molar-refractivity contribution in [3.63, 3.8) is 0 Å². The molecule has 0 bridgehead atoms.